The van der Waals surface area contributed by atoms with Gasteiger partial charge in [-0.1, -0.05) is 12.1 Å². The van der Waals surface area contributed by atoms with Crippen LogP contribution in [0.5, 0.6) is 5.75 Å². The van der Waals surface area contributed by atoms with Crippen molar-refractivity contribution in [1.82, 2.24) is 4.98 Å². The molecule has 3 aromatic rings. The predicted molar refractivity (Wildman–Crippen MR) is 102 cm³/mol. The SMILES string of the molecule is COc1c(NC(C)=O)ccc2c(-c3cccc(NC(C)=O)c3)ccnc12. The number of ether oxygens (including phenoxy) is 1. The van der Waals surface area contributed by atoms with E-state index in [4.69, 9.17) is 4.74 Å². The van der Waals surface area contributed by atoms with Crippen LogP contribution < -0.4 is 15.4 Å². The second-order valence-electron chi connectivity index (χ2n) is 5.84. The maximum absolute atomic E-state index is 11.4. The molecule has 0 fully saturated rings. The zero-order chi connectivity index (χ0) is 18.7. The van der Waals surface area contributed by atoms with Crippen LogP contribution in [0.3, 0.4) is 0 Å². The number of anilines is 2. The number of methoxy groups -OCH3 is 1. The Labute approximate surface area is 151 Å². The highest BCUT2D eigenvalue weighted by Gasteiger charge is 2.14. The van der Waals surface area contributed by atoms with E-state index < -0.39 is 0 Å². The molecule has 6 heteroatoms. The molecule has 0 radical (unpaired) electrons. The van der Waals surface area contributed by atoms with Gasteiger partial charge >= 0.3 is 0 Å². The minimum absolute atomic E-state index is 0.122. The summed E-state index contributed by atoms with van der Waals surface area (Å²) in [4.78, 5) is 27.2. The average Bonchev–Trinajstić information content (AvgIpc) is 2.60. The summed E-state index contributed by atoms with van der Waals surface area (Å²) >= 11 is 0. The summed E-state index contributed by atoms with van der Waals surface area (Å²) in [6, 6.07) is 13.2. The van der Waals surface area contributed by atoms with Gasteiger partial charge in [0, 0.05) is 31.1 Å². The van der Waals surface area contributed by atoms with Crippen molar-refractivity contribution in [2.24, 2.45) is 0 Å². The number of hydrogen-bond acceptors (Lipinski definition) is 4. The third-order valence-electron chi connectivity index (χ3n) is 3.88. The monoisotopic (exact) mass is 349 g/mol. The van der Waals surface area contributed by atoms with Gasteiger partial charge in [0.05, 0.1) is 12.8 Å². The van der Waals surface area contributed by atoms with Crippen molar-refractivity contribution in [2.45, 2.75) is 13.8 Å². The Morgan fingerprint density at radius 1 is 1.00 bits per heavy atom. The second kappa shape index (κ2) is 7.23. The molecular formula is C20H19N3O3. The minimum atomic E-state index is -0.179. The fraction of sp³-hybridized carbons (Fsp3) is 0.150. The molecule has 3 rings (SSSR count). The van der Waals surface area contributed by atoms with E-state index in [1.54, 1.807) is 19.4 Å². The molecule has 2 N–H and O–H groups in total. The van der Waals surface area contributed by atoms with E-state index in [1.165, 1.54) is 13.8 Å². The van der Waals surface area contributed by atoms with Crippen molar-refractivity contribution in [3.8, 4) is 16.9 Å². The van der Waals surface area contributed by atoms with E-state index in [1.807, 2.05) is 36.4 Å². The van der Waals surface area contributed by atoms with E-state index in [-0.39, 0.29) is 11.8 Å². The summed E-state index contributed by atoms with van der Waals surface area (Å²) in [6.45, 7) is 2.92. The number of pyridine rings is 1. The van der Waals surface area contributed by atoms with Crippen LogP contribution in [0.4, 0.5) is 11.4 Å². The molecule has 0 saturated carbocycles. The van der Waals surface area contributed by atoms with E-state index in [0.717, 1.165) is 22.2 Å². The summed E-state index contributed by atoms with van der Waals surface area (Å²) in [6.07, 6.45) is 1.70. The summed E-state index contributed by atoms with van der Waals surface area (Å²) in [5, 5.41) is 6.43. The highest BCUT2D eigenvalue weighted by atomic mass is 16.5. The van der Waals surface area contributed by atoms with Crippen LogP contribution >= 0.6 is 0 Å². The largest absolute Gasteiger partial charge is 0.492 e. The molecule has 1 heterocycles. The van der Waals surface area contributed by atoms with Crippen molar-refractivity contribution < 1.29 is 14.3 Å². The Morgan fingerprint density at radius 2 is 1.77 bits per heavy atom. The zero-order valence-corrected chi connectivity index (χ0v) is 14.8. The highest BCUT2D eigenvalue weighted by Crippen LogP contribution is 2.37. The second-order valence-corrected chi connectivity index (χ2v) is 5.84. The van der Waals surface area contributed by atoms with Crippen LogP contribution in [0, 0.1) is 0 Å². The normalized spacial score (nSPS) is 10.4. The molecule has 26 heavy (non-hydrogen) atoms. The van der Waals surface area contributed by atoms with Crippen LogP contribution in [-0.2, 0) is 9.59 Å². The fourth-order valence-corrected chi connectivity index (χ4v) is 2.91. The molecule has 0 aliphatic rings. The molecule has 0 aliphatic heterocycles. The lowest BCUT2D eigenvalue weighted by atomic mass is 10.00. The molecule has 0 saturated heterocycles. The van der Waals surface area contributed by atoms with Crippen LogP contribution in [0.25, 0.3) is 22.0 Å². The number of nitrogens with zero attached hydrogens (tertiary/aromatic N) is 1. The van der Waals surface area contributed by atoms with Gasteiger partial charge in [-0.25, -0.2) is 0 Å². The molecule has 0 aliphatic carbocycles. The van der Waals surface area contributed by atoms with Gasteiger partial charge in [0.1, 0.15) is 5.52 Å². The van der Waals surface area contributed by atoms with Gasteiger partial charge in [-0.3, -0.25) is 14.6 Å². The van der Waals surface area contributed by atoms with Crippen molar-refractivity contribution in [3.63, 3.8) is 0 Å². The lowest BCUT2D eigenvalue weighted by molar-refractivity contribution is -0.115. The fourth-order valence-electron chi connectivity index (χ4n) is 2.91. The number of rotatable bonds is 4. The first-order chi connectivity index (χ1) is 12.5. The number of amides is 2. The van der Waals surface area contributed by atoms with E-state index in [9.17, 15) is 9.59 Å². The summed E-state index contributed by atoms with van der Waals surface area (Å²) in [7, 11) is 1.55. The molecule has 6 nitrogen and oxygen atoms in total. The van der Waals surface area contributed by atoms with Gasteiger partial charge in [0.15, 0.2) is 5.75 Å². The quantitative estimate of drug-likeness (QED) is 0.750. The average molecular weight is 349 g/mol. The molecule has 0 spiro atoms. The number of fused-ring (bicyclic) bond motifs is 1. The maximum Gasteiger partial charge on any atom is 0.221 e. The summed E-state index contributed by atoms with van der Waals surface area (Å²) in [5.74, 6) is 0.211. The lowest BCUT2D eigenvalue weighted by Gasteiger charge is -2.14. The molecule has 1 aromatic heterocycles. The zero-order valence-electron chi connectivity index (χ0n) is 14.8. The topological polar surface area (TPSA) is 80.3 Å². The number of hydrogen-bond donors (Lipinski definition) is 2. The van der Waals surface area contributed by atoms with E-state index in [0.29, 0.717) is 17.0 Å². The lowest BCUT2D eigenvalue weighted by Crippen LogP contribution is -2.07. The Hall–Kier alpha value is -3.41. The van der Waals surface area contributed by atoms with Gasteiger partial charge < -0.3 is 15.4 Å². The predicted octanol–water partition coefficient (Wildman–Crippen LogP) is 3.83. The van der Waals surface area contributed by atoms with E-state index >= 15 is 0 Å². The van der Waals surface area contributed by atoms with Gasteiger partial charge in [-0.15, -0.1) is 0 Å². The Kier molecular flexibility index (Phi) is 4.84. The molecule has 132 valence electrons. The Bertz CT molecular complexity index is 999. The first-order valence-corrected chi connectivity index (χ1v) is 8.11. The summed E-state index contributed by atoms with van der Waals surface area (Å²) in [5.41, 5.74) is 3.85. The molecule has 2 amide bonds. The maximum atomic E-state index is 11.4. The minimum Gasteiger partial charge on any atom is -0.492 e. The van der Waals surface area contributed by atoms with Crippen LogP contribution in [0.2, 0.25) is 0 Å². The van der Waals surface area contributed by atoms with Crippen molar-refractivity contribution >= 4 is 34.1 Å². The van der Waals surface area contributed by atoms with Gasteiger partial charge in [0.25, 0.3) is 0 Å². The highest BCUT2D eigenvalue weighted by molar-refractivity contribution is 6.03. The van der Waals surface area contributed by atoms with Crippen LogP contribution in [0.15, 0.2) is 48.7 Å². The number of carbonyl (C=O) groups is 2. The number of carbonyl (C=O) groups excluding carboxylic acids is 2. The Morgan fingerprint density at radius 3 is 2.46 bits per heavy atom. The third-order valence-corrected chi connectivity index (χ3v) is 3.88. The van der Waals surface area contributed by atoms with Gasteiger partial charge in [-0.2, -0.15) is 0 Å². The smallest absolute Gasteiger partial charge is 0.221 e. The molecular weight excluding hydrogens is 330 g/mol. The molecule has 0 atom stereocenters. The third kappa shape index (κ3) is 3.49. The van der Waals surface area contributed by atoms with E-state index in [2.05, 4.69) is 15.6 Å². The molecule has 2 aromatic carbocycles. The standard InChI is InChI=1S/C20H19N3O3/c1-12(24)22-15-6-4-5-14(11-15)16-9-10-21-19-17(16)7-8-18(20(19)26-3)23-13(2)25/h4-11H,1-3H3,(H,22,24)(H,23,25). The Balaban J connectivity index is 2.16. The van der Waals surface area contributed by atoms with Crippen molar-refractivity contribution in [3.05, 3.63) is 48.7 Å². The summed E-state index contributed by atoms with van der Waals surface area (Å²) < 4.78 is 5.49. The van der Waals surface area contributed by atoms with Gasteiger partial charge in [-0.05, 0) is 41.5 Å². The first kappa shape index (κ1) is 17.4. The molecule has 0 unspecified atom stereocenters. The van der Waals surface area contributed by atoms with Crippen LogP contribution in [0.1, 0.15) is 13.8 Å². The number of nitrogens with one attached hydrogen (secondary N) is 2. The van der Waals surface area contributed by atoms with Gasteiger partial charge in [0.2, 0.25) is 11.8 Å². The number of aromatic nitrogens is 1. The number of benzene rings is 2. The van der Waals surface area contributed by atoms with Crippen molar-refractivity contribution in [2.75, 3.05) is 17.7 Å². The van der Waals surface area contributed by atoms with Crippen molar-refractivity contribution in [1.29, 1.82) is 0 Å². The first-order valence-electron chi connectivity index (χ1n) is 8.11. The molecule has 0 bridgehead atoms. The van der Waals surface area contributed by atoms with Crippen LogP contribution in [-0.4, -0.2) is 23.9 Å².